The number of nitrogens with one attached hydrogen (secondary N) is 2. The molecule has 1 aromatic rings. The van der Waals surface area contributed by atoms with Crippen molar-refractivity contribution < 1.29 is 24.2 Å². The number of hydrogen-bond acceptors (Lipinski definition) is 4. The third kappa shape index (κ3) is 11.0. The zero-order valence-corrected chi connectivity index (χ0v) is 16.6. The molecule has 0 aliphatic rings. The monoisotopic (exact) mass is 390 g/mol. The van der Waals surface area contributed by atoms with Crippen LogP contribution in [0.1, 0.15) is 51.5 Å². The molecule has 1 atom stereocenters. The predicted molar refractivity (Wildman–Crippen MR) is 107 cm³/mol. The molecule has 28 heavy (non-hydrogen) atoms. The van der Waals surface area contributed by atoms with E-state index in [4.69, 9.17) is 9.84 Å². The molecule has 0 saturated heterocycles. The first kappa shape index (κ1) is 23.2. The third-order valence-corrected chi connectivity index (χ3v) is 3.96. The second-order valence-corrected chi connectivity index (χ2v) is 6.77. The smallest absolute Gasteiger partial charge is 0.407 e. The fourth-order valence-electron chi connectivity index (χ4n) is 2.39. The molecule has 7 heteroatoms. The average molecular weight is 390 g/mol. The average Bonchev–Trinajstić information content (AvgIpc) is 2.66. The molecule has 0 radical (unpaired) electrons. The van der Waals surface area contributed by atoms with Gasteiger partial charge in [-0.25, -0.2) is 9.59 Å². The highest BCUT2D eigenvalue weighted by Crippen LogP contribution is 2.04. The van der Waals surface area contributed by atoms with Crippen LogP contribution in [0.4, 0.5) is 4.79 Å². The standard InChI is InChI=1S/C21H30N2O5/c1-16(2)12-13-18(20(25)26)23-19(24)11-7-4-8-14-22-21(27)28-15-17-9-5-3-6-10-17/h3,5-6,9-10,12,18H,4,7-8,11,13-15H2,1-2H3,(H,22,27)(H,23,24)(H,25,26)/t18-/m1/s1. The Labute approximate surface area is 166 Å². The molecule has 2 amide bonds. The zero-order chi connectivity index (χ0) is 20.8. The number of hydrogen-bond donors (Lipinski definition) is 3. The Balaban J connectivity index is 2.10. The Morgan fingerprint density at radius 2 is 1.82 bits per heavy atom. The Kier molecular flexibility index (Phi) is 11.1. The van der Waals surface area contributed by atoms with Crippen LogP contribution in [0.3, 0.4) is 0 Å². The van der Waals surface area contributed by atoms with Crippen molar-refractivity contribution in [1.29, 1.82) is 0 Å². The van der Waals surface area contributed by atoms with Crippen LogP contribution in [0.25, 0.3) is 0 Å². The van der Waals surface area contributed by atoms with Gasteiger partial charge in [-0.05, 0) is 38.7 Å². The van der Waals surface area contributed by atoms with E-state index in [1.54, 1.807) is 6.08 Å². The molecule has 0 heterocycles. The second-order valence-electron chi connectivity index (χ2n) is 6.77. The van der Waals surface area contributed by atoms with Crippen molar-refractivity contribution in [3.05, 3.63) is 47.5 Å². The van der Waals surface area contributed by atoms with Gasteiger partial charge in [0.1, 0.15) is 12.6 Å². The number of carbonyl (C=O) groups is 3. The lowest BCUT2D eigenvalue weighted by molar-refractivity contribution is -0.141. The number of carboxylic acids is 1. The van der Waals surface area contributed by atoms with E-state index in [0.29, 0.717) is 19.4 Å². The number of unbranched alkanes of at least 4 members (excludes halogenated alkanes) is 2. The highest BCUT2D eigenvalue weighted by atomic mass is 16.5. The number of allylic oxidation sites excluding steroid dienone is 1. The Hall–Kier alpha value is -2.83. The SMILES string of the molecule is CC(C)=CC[C@@H](NC(=O)CCCCCNC(=O)OCc1ccccc1)C(=O)O. The lowest BCUT2D eigenvalue weighted by Gasteiger charge is -2.13. The first-order valence-corrected chi connectivity index (χ1v) is 9.48. The molecule has 3 N–H and O–H groups in total. The molecule has 0 aliphatic heterocycles. The summed E-state index contributed by atoms with van der Waals surface area (Å²) in [5.74, 6) is -1.31. The van der Waals surface area contributed by atoms with E-state index in [2.05, 4.69) is 10.6 Å². The molecular weight excluding hydrogens is 360 g/mol. The molecule has 0 aromatic heterocycles. The first-order chi connectivity index (χ1) is 13.4. The zero-order valence-electron chi connectivity index (χ0n) is 16.6. The number of carbonyl (C=O) groups excluding carboxylic acids is 2. The van der Waals surface area contributed by atoms with Crippen LogP contribution < -0.4 is 10.6 Å². The van der Waals surface area contributed by atoms with Crippen molar-refractivity contribution in [3.8, 4) is 0 Å². The molecular formula is C21H30N2O5. The number of amides is 2. The fraction of sp³-hybridized carbons (Fsp3) is 0.476. The summed E-state index contributed by atoms with van der Waals surface area (Å²) in [5, 5.41) is 14.4. The van der Waals surface area contributed by atoms with Crippen molar-refractivity contribution in [3.63, 3.8) is 0 Å². The van der Waals surface area contributed by atoms with Crippen LogP contribution >= 0.6 is 0 Å². The summed E-state index contributed by atoms with van der Waals surface area (Å²) in [6.45, 7) is 4.45. The summed E-state index contributed by atoms with van der Waals surface area (Å²) in [4.78, 5) is 34.6. The topological polar surface area (TPSA) is 105 Å². The van der Waals surface area contributed by atoms with Crippen LogP contribution in [0.5, 0.6) is 0 Å². The maximum atomic E-state index is 11.9. The molecule has 0 spiro atoms. The highest BCUT2D eigenvalue weighted by molar-refractivity contribution is 5.83. The van der Waals surface area contributed by atoms with Gasteiger partial charge in [0.25, 0.3) is 0 Å². The molecule has 1 rings (SSSR count). The van der Waals surface area contributed by atoms with Gasteiger partial charge in [-0.3, -0.25) is 4.79 Å². The molecule has 0 bridgehead atoms. The van der Waals surface area contributed by atoms with E-state index in [1.807, 2.05) is 44.2 Å². The van der Waals surface area contributed by atoms with Crippen molar-refractivity contribution in [2.24, 2.45) is 0 Å². The van der Waals surface area contributed by atoms with Crippen molar-refractivity contribution in [2.75, 3.05) is 6.54 Å². The van der Waals surface area contributed by atoms with E-state index in [9.17, 15) is 14.4 Å². The number of alkyl carbamates (subject to hydrolysis) is 1. The van der Waals surface area contributed by atoms with Crippen LogP contribution in [0.2, 0.25) is 0 Å². The van der Waals surface area contributed by atoms with Gasteiger partial charge in [0.15, 0.2) is 0 Å². The van der Waals surface area contributed by atoms with Gasteiger partial charge in [0.2, 0.25) is 5.91 Å². The molecule has 0 aliphatic carbocycles. The minimum absolute atomic E-state index is 0.227. The van der Waals surface area contributed by atoms with E-state index in [1.165, 1.54) is 0 Å². The van der Waals surface area contributed by atoms with Gasteiger partial charge in [-0.15, -0.1) is 0 Å². The largest absolute Gasteiger partial charge is 0.480 e. The molecule has 0 saturated carbocycles. The van der Waals surface area contributed by atoms with E-state index < -0.39 is 18.1 Å². The number of benzene rings is 1. The van der Waals surface area contributed by atoms with Crippen molar-refractivity contribution in [1.82, 2.24) is 10.6 Å². The van der Waals surface area contributed by atoms with E-state index in [0.717, 1.165) is 17.6 Å². The second kappa shape index (κ2) is 13.4. The van der Waals surface area contributed by atoms with Gasteiger partial charge in [-0.2, -0.15) is 0 Å². The predicted octanol–water partition coefficient (Wildman–Crippen LogP) is 3.40. The third-order valence-electron chi connectivity index (χ3n) is 3.96. The van der Waals surface area contributed by atoms with E-state index in [-0.39, 0.29) is 25.4 Å². The molecule has 7 nitrogen and oxygen atoms in total. The minimum Gasteiger partial charge on any atom is -0.480 e. The van der Waals surface area contributed by atoms with Crippen molar-refractivity contribution >= 4 is 18.0 Å². The number of ether oxygens (including phenoxy) is 1. The van der Waals surface area contributed by atoms with Crippen LogP contribution in [-0.2, 0) is 20.9 Å². The Morgan fingerprint density at radius 1 is 1.11 bits per heavy atom. The molecule has 0 fully saturated rings. The number of aliphatic carboxylic acids is 1. The Morgan fingerprint density at radius 3 is 2.46 bits per heavy atom. The summed E-state index contributed by atoms with van der Waals surface area (Å²) < 4.78 is 5.10. The summed E-state index contributed by atoms with van der Waals surface area (Å²) in [6, 6.07) is 8.53. The van der Waals surface area contributed by atoms with Crippen molar-refractivity contribution in [2.45, 2.75) is 58.6 Å². The van der Waals surface area contributed by atoms with Gasteiger partial charge in [0.05, 0.1) is 0 Å². The van der Waals surface area contributed by atoms with Gasteiger partial charge in [0, 0.05) is 13.0 Å². The highest BCUT2D eigenvalue weighted by Gasteiger charge is 2.18. The lowest BCUT2D eigenvalue weighted by Crippen LogP contribution is -2.40. The van der Waals surface area contributed by atoms with Gasteiger partial charge >= 0.3 is 12.1 Å². The molecule has 154 valence electrons. The quantitative estimate of drug-likeness (QED) is 0.375. The summed E-state index contributed by atoms with van der Waals surface area (Å²) in [7, 11) is 0. The van der Waals surface area contributed by atoms with Gasteiger partial charge in [-0.1, -0.05) is 48.4 Å². The van der Waals surface area contributed by atoms with E-state index >= 15 is 0 Å². The van der Waals surface area contributed by atoms with Crippen LogP contribution in [-0.4, -0.2) is 35.7 Å². The summed E-state index contributed by atoms with van der Waals surface area (Å²) >= 11 is 0. The van der Waals surface area contributed by atoms with Crippen LogP contribution in [0.15, 0.2) is 42.0 Å². The normalized spacial score (nSPS) is 11.2. The van der Waals surface area contributed by atoms with Gasteiger partial charge < -0.3 is 20.5 Å². The maximum Gasteiger partial charge on any atom is 0.407 e. The van der Waals surface area contributed by atoms with Crippen LogP contribution in [0, 0.1) is 0 Å². The molecule has 1 aromatic carbocycles. The lowest BCUT2D eigenvalue weighted by atomic mass is 10.1. The minimum atomic E-state index is -1.04. The summed E-state index contributed by atoms with van der Waals surface area (Å²) in [5.41, 5.74) is 1.93. The maximum absolute atomic E-state index is 11.9. The summed E-state index contributed by atoms with van der Waals surface area (Å²) in [6.07, 6.45) is 3.95. The first-order valence-electron chi connectivity index (χ1n) is 9.48. The Bertz CT molecular complexity index is 654. The molecule has 0 unspecified atom stereocenters. The number of carboxylic acid groups (broad SMARTS) is 1. The number of rotatable bonds is 12. The fourth-order valence-corrected chi connectivity index (χ4v) is 2.39.